The Kier molecular flexibility index (Phi) is 4.41. The molecule has 1 aromatic carbocycles. The van der Waals surface area contributed by atoms with Gasteiger partial charge in [0.25, 0.3) is 5.91 Å². The third-order valence-electron chi connectivity index (χ3n) is 4.69. The molecule has 1 aromatic rings. The highest BCUT2D eigenvalue weighted by atomic mass is 79.9. The van der Waals surface area contributed by atoms with Crippen LogP contribution in [0.5, 0.6) is 0 Å². The minimum absolute atomic E-state index is 0.166. The highest BCUT2D eigenvalue weighted by Gasteiger charge is 2.36. The van der Waals surface area contributed by atoms with Crippen LogP contribution in [0, 0.1) is 5.92 Å². The van der Waals surface area contributed by atoms with Crippen LogP contribution in [0.1, 0.15) is 48.9 Å². The number of halogens is 1. The largest absolute Gasteiger partial charge is 0.335 e. The Bertz CT molecular complexity index is 517. The number of fused-ring (bicyclic) bond motifs is 1. The topological polar surface area (TPSA) is 20.3 Å². The van der Waals surface area contributed by atoms with Crippen LogP contribution in [0.4, 0.5) is 0 Å². The Balaban J connectivity index is 1.85. The summed E-state index contributed by atoms with van der Waals surface area (Å²) in [5, 5.41) is 0. The lowest BCUT2D eigenvalue weighted by atomic mass is 9.78. The van der Waals surface area contributed by atoms with Gasteiger partial charge in [-0.25, -0.2) is 0 Å². The van der Waals surface area contributed by atoms with Gasteiger partial charge in [-0.3, -0.25) is 4.79 Å². The van der Waals surface area contributed by atoms with Gasteiger partial charge in [0.1, 0.15) is 0 Å². The van der Waals surface area contributed by atoms with Gasteiger partial charge in [-0.15, -0.1) is 12.6 Å². The highest BCUT2D eigenvalue weighted by molar-refractivity contribution is 9.10. The lowest BCUT2D eigenvalue weighted by Gasteiger charge is -2.44. The second kappa shape index (κ2) is 6.10. The molecule has 0 unspecified atom stereocenters. The van der Waals surface area contributed by atoms with Crippen molar-refractivity contribution in [3.8, 4) is 0 Å². The van der Waals surface area contributed by atoms with Crippen molar-refractivity contribution in [2.24, 2.45) is 5.92 Å². The Morgan fingerprint density at radius 3 is 2.75 bits per heavy atom. The van der Waals surface area contributed by atoms with E-state index in [2.05, 4.69) is 33.5 Å². The minimum Gasteiger partial charge on any atom is -0.335 e. The number of carbonyl (C=O) groups is 1. The van der Waals surface area contributed by atoms with Crippen molar-refractivity contribution in [3.63, 3.8) is 0 Å². The second-order valence-corrected chi connectivity index (χ2v) is 7.31. The van der Waals surface area contributed by atoms with Crippen molar-refractivity contribution in [1.29, 1.82) is 0 Å². The van der Waals surface area contributed by atoms with E-state index in [9.17, 15) is 4.79 Å². The normalized spacial score (nSPS) is 26.2. The fourth-order valence-corrected chi connectivity index (χ4v) is 4.56. The molecule has 1 aliphatic heterocycles. The number of thiol groups is 1. The van der Waals surface area contributed by atoms with Gasteiger partial charge < -0.3 is 4.90 Å². The molecule has 1 aliphatic carbocycles. The number of hydrogen-bond acceptors (Lipinski definition) is 2. The summed E-state index contributed by atoms with van der Waals surface area (Å²) in [5.41, 5.74) is 0.739. The zero-order valence-electron chi connectivity index (χ0n) is 11.5. The number of benzene rings is 1. The van der Waals surface area contributed by atoms with E-state index in [4.69, 9.17) is 0 Å². The Hall–Kier alpha value is -0.480. The van der Waals surface area contributed by atoms with Crippen LogP contribution >= 0.6 is 28.6 Å². The molecule has 0 bridgehead atoms. The molecule has 0 spiro atoms. The van der Waals surface area contributed by atoms with Crippen molar-refractivity contribution < 1.29 is 4.79 Å². The van der Waals surface area contributed by atoms with Crippen LogP contribution in [0.2, 0.25) is 0 Å². The van der Waals surface area contributed by atoms with Crippen molar-refractivity contribution in [3.05, 3.63) is 28.2 Å². The van der Waals surface area contributed by atoms with E-state index in [1.165, 1.54) is 32.1 Å². The lowest BCUT2D eigenvalue weighted by Crippen LogP contribution is -2.49. The molecule has 2 aliphatic rings. The summed E-state index contributed by atoms with van der Waals surface area (Å²) in [6, 6.07) is 6.18. The monoisotopic (exact) mass is 353 g/mol. The van der Waals surface area contributed by atoms with Gasteiger partial charge in [0.2, 0.25) is 0 Å². The van der Waals surface area contributed by atoms with Crippen molar-refractivity contribution in [1.82, 2.24) is 4.90 Å². The number of likely N-dealkylation sites (tertiary alicyclic amines) is 1. The molecular weight excluding hydrogens is 334 g/mol. The number of rotatable bonds is 1. The summed E-state index contributed by atoms with van der Waals surface area (Å²) in [6.45, 7) is 0.906. The fourth-order valence-electron chi connectivity index (χ4n) is 3.72. The standard InChI is InChI=1S/C16H20BrNOS/c17-12-7-8-13(15(20)10-12)16(19)18-9-3-5-11-4-1-2-6-14(11)18/h7-8,10-11,14,20H,1-6,9H2/t11-,14-/m1/s1. The van der Waals surface area contributed by atoms with Gasteiger partial charge in [-0.2, -0.15) is 0 Å². The molecule has 4 heteroatoms. The molecule has 3 rings (SSSR count). The lowest BCUT2D eigenvalue weighted by molar-refractivity contribution is 0.0387. The molecule has 2 fully saturated rings. The van der Waals surface area contributed by atoms with E-state index in [0.717, 1.165) is 33.8 Å². The maximum Gasteiger partial charge on any atom is 0.255 e. The van der Waals surface area contributed by atoms with Crippen LogP contribution in [0.25, 0.3) is 0 Å². The van der Waals surface area contributed by atoms with E-state index in [1.807, 2.05) is 18.2 Å². The third-order valence-corrected chi connectivity index (χ3v) is 5.56. The molecule has 20 heavy (non-hydrogen) atoms. The third kappa shape index (κ3) is 2.77. The number of carbonyl (C=O) groups excluding carboxylic acids is 1. The summed E-state index contributed by atoms with van der Waals surface area (Å²) in [6.07, 6.45) is 7.50. The van der Waals surface area contributed by atoms with E-state index in [1.54, 1.807) is 0 Å². The molecule has 2 atom stereocenters. The Morgan fingerprint density at radius 2 is 1.95 bits per heavy atom. The number of piperidine rings is 1. The number of amides is 1. The summed E-state index contributed by atoms with van der Waals surface area (Å²) in [4.78, 5) is 15.7. The average Bonchev–Trinajstić information content (AvgIpc) is 2.46. The average molecular weight is 354 g/mol. The zero-order chi connectivity index (χ0) is 14.1. The van der Waals surface area contributed by atoms with Gasteiger partial charge in [0, 0.05) is 22.0 Å². The maximum absolute atomic E-state index is 12.8. The molecule has 0 aromatic heterocycles. The van der Waals surface area contributed by atoms with Gasteiger partial charge >= 0.3 is 0 Å². The van der Waals surface area contributed by atoms with E-state index < -0.39 is 0 Å². The maximum atomic E-state index is 12.8. The van der Waals surface area contributed by atoms with Gasteiger partial charge in [0.05, 0.1) is 5.56 Å². The Morgan fingerprint density at radius 1 is 1.20 bits per heavy atom. The molecule has 0 N–H and O–H groups in total. The molecule has 0 radical (unpaired) electrons. The molecule has 1 heterocycles. The van der Waals surface area contributed by atoms with Crippen molar-refractivity contribution >= 4 is 34.5 Å². The van der Waals surface area contributed by atoms with E-state index in [-0.39, 0.29) is 5.91 Å². The molecule has 1 saturated heterocycles. The van der Waals surface area contributed by atoms with Crippen molar-refractivity contribution in [2.75, 3.05) is 6.54 Å². The zero-order valence-corrected chi connectivity index (χ0v) is 14.0. The smallest absolute Gasteiger partial charge is 0.255 e. The fraction of sp³-hybridized carbons (Fsp3) is 0.562. The molecular formula is C16H20BrNOS. The molecule has 1 amide bonds. The molecule has 2 nitrogen and oxygen atoms in total. The second-order valence-electron chi connectivity index (χ2n) is 5.91. The van der Waals surface area contributed by atoms with Crippen LogP contribution in [0.3, 0.4) is 0 Å². The van der Waals surface area contributed by atoms with E-state index in [0.29, 0.717) is 6.04 Å². The first-order valence-electron chi connectivity index (χ1n) is 7.46. The SMILES string of the molecule is O=C(c1ccc(Br)cc1S)N1CCC[C@H]2CCCC[C@H]21. The number of nitrogens with zero attached hydrogens (tertiary/aromatic N) is 1. The van der Waals surface area contributed by atoms with E-state index >= 15 is 0 Å². The Labute approximate surface area is 134 Å². The summed E-state index contributed by atoms with van der Waals surface area (Å²) in [7, 11) is 0. The van der Waals surface area contributed by atoms with Gasteiger partial charge in [-0.1, -0.05) is 28.8 Å². The number of hydrogen-bond donors (Lipinski definition) is 1. The summed E-state index contributed by atoms with van der Waals surface area (Å²) < 4.78 is 0.966. The first kappa shape index (κ1) is 14.5. The first-order valence-corrected chi connectivity index (χ1v) is 8.70. The predicted octanol–water partition coefficient (Wildman–Crippen LogP) is 4.53. The van der Waals surface area contributed by atoms with Gasteiger partial charge in [0.15, 0.2) is 0 Å². The van der Waals surface area contributed by atoms with Gasteiger partial charge in [-0.05, 0) is 49.8 Å². The first-order chi connectivity index (χ1) is 9.66. The summed E-state index contributed by atoms with van der Waals surface area (Å²) in [5.74, 6) is 0.888. The quantitative estimate of drug-likeness (QED) is 0.735. The molecule has 1 saturated carbocycles. The van der Waals surface area contributed by atoms with Crippen molar-refractivity contribution in [2.45, 2.75) is 49.5 Å². The van der Waals surface area contributed by atoms with Crippen LogP contribution < -0.4 is 0 Å². The van der Waals surface area contributed by atoms with Crippen LogP contribution in [-0.4, -0.2) is 23.4 Å². The van der Waals surface area contributed by atoms with Crippen LogP contribution in [0.15, 0.2) is 27.6 Å². The summed E-state index contributed by atoms with van der Waals surface area (Å²) >= 11 is 7.89. The predicted molar refractivity (Wildman–Crippen MR) is 87.4 cm³/mol. The molecule has 108 valence electrons. The highest BCUT2D eigenvalue weighted by Crippen LogP contribution is 2.36. The van der Waals surface area contributed by atoms with Crippen LogP contribution in [-0.2, 0) is 0 Å². The minimum atomic E-state index is 0.166.